The summed E-state index contributed by atoms with van der Waals surface area (Å²) in [5.41, 5.74) is 3.33. The molecule has 1 aromatic heterocycles. The number of hydrogen-bond donors (Lipinski definition) is 1. The molecule has 0 radical (unpaired) electrons. The summed E-state index contributed by atoms with van der Waals surface area (Å²) < 4.78 is 6.68. The van der Waals surface area contributed by atoms with Crippen LogP contribution in [-0.4, -0.2) is 10.6 Å². The highest BCUT2D eigenvalue weighted by atomic mass is 79.9. The lowest BCUT2D eigenvalue weighted by molar-refractivity contribution is 0.138. The monoisotopic (exact) mass is 366 g/mol. The van der Waals surface area contributed by atoms with Crippen LogP contribution in [0.15, 0.2) is 34.9 Å². The van der Waals surface area contributed by atoms with E-state index in [1.54, 1.807) is 6.20 Å². The lowest BCUT2D eigenvalue weighted by Crippen LogP contribution is -2.24. The molecular formula is C16H16BrClN2O. The lowest BCUT2D eigenvalue weighted by atomic mass is 10.0. The van der Waals surface area contributed by atoms with Crippen molar-refractivity contribution in [3.8, 4) is 5.75 Å². The summed E-state index contributed by atoms with van der Waals surface area (Å²) in [4.78, 5) is 4.10. The van der Waals surface area contributed by atoms with Crippen LogP contribution in [-0.2, 0) is 13.0 Å². The highest BCUT2D eigenvalue weighted by molar-refractivity contribution is 9.10. The van der Waals surface area contributed by atoms with E-state index < -0.39 is 0 Å². The maximum absolute atomic E-state index is 5.89. The highest BCUT2D eigenvalue weighted by Crippen LogP contribution is 2.35. The van der Waals surface area contributed by atoms with Crippen LogP contribution in [0.3, 0.4) is 0 Å². The quantitative estimate of drug-likeness (QED) is 0.790. The van der Waals surface area contributed by atoms with Crippen molar-refractivity contribution in [1.82, 2.24) is 4.98 Å². The Morgan fingerprint density at radius 2 is 2.19 bits per heavy atom. The maximum Gasteiger partial charge on any atom is 0.143 e. The summed E-state index contributed by atoms with van der Waals surface area (Å²) in [6.45, 7) is 4.97. The first-order chi connectivity index (χ1) is 9.93. The third kappa shape index (κ3) is 3.33. The molecule has 1 aliphatic rings. The Labute approximate surface area is 137 Å². The molecule has 0 spiro atoms. The van der Waals surface area contributed by atoms with Crippen LogP contribution in [0.5, 0.6) is 5.75 Å². The average Bonchev–Trinajstić information content (AvgIpc) is 2.73. The molecule has 1 aromatic carbocycles. The van der Waals surface area contributed by atoms with Crippen LogP contribution in [0.4, 0.5) is 5.69 Å². The summed E-state index contributed by atoms with van der Waals surface area (Å²) in [5.74, 6) is 1.000. The highest BCUT2D eigenvalue weighted by Gasteiger charge is 2.29. The van der Waals surface area contributed by atoms with Crippen molar-refractivity contribution in [2.24, 2.45) is 0 Å². The van der Waals surface area contributed by atoms with Crippen molar-refractivity contribution in [2.45, 2.75) is 32.4 Å². The van der Waals surface area contributed by atoms with Gasteiger partial charge in [-0.3, -0.25) is 0 Å². The Morgan fingerprint density at radius 3 is 2.95 bits per heavy atom. The van der Waals surface area contributed by atoms with Crippen molar-refractivity contribution >= 4 is 33.2 Å². The number of pyridine rings is 1. The van der Waals surface area contributed by atoms with Gasteiger partial charge in [-0.2, -0.15) is 0 Å². The third-order valence-corrected chi connectivity index (χ3v) is 4.55. The van der Waals surface area contributed by atoms with Gasteiger partial charge in [-0.15, -0.1) is 0 Å². The minimum atomic E-state index is -0.0979. The summed E-state index contributed by atoms with van der Waals surface area (Å²) in [5, 5.41) is 3.82. The van der Waals surface area contributed by atoms with E-state index in [0.717, 1.165) is 28.9 Å². The van der Waals surface area contributed by atoms with Crippen LogP contribution in [0.25, 0.3) is 0 Å². The molecule has 1 aliphatic heterocycles. The van der Waals surface area contributed by atoms with E-state index in [4.69, 9.17) is 16.3 Å². The summed E-state index contributed by atoms with van der Waals surface area (Å²) in [7, 11) is 0. The zero-order valence-electron chi connectivity index (χ0n) is 11.9. The number of fused-ring (bicyclic) bond motifs is 1. The molecule has 1 N–H and O–H groups in total. The minimum Gasteiger partial charge on any atom is -0.487 e. The van der Waals surface area contributed by atoms with Crippen molar-refractivity contribution in [1.29, 1.82) is 0 Å². The largest absolute Gasteiger partial charge is 0.487 e. The fourth-order valence-electron chi connectivity index (χ4n) is 2.49. The number of halogens is 2. The number of anilines is 1. The number of nitrogens with zero attached hydrogens (tertiary/aromatic N) is 1. The van der Waals surface area contributed by atoms with Gasteiger partial charge in [-0.1, -0.05) is 23.7 Å². The molecule has 3 nitrogen and oxygen atoms in total. The molecule has 3 rings (SSSR count). The van der Waals surface area contributed by atoms with E-state index in [2.05, 4.69) is 58.3 Å². The fourth-order valence-corrected chi connectivity index (χ4v) is 2.95. The van der Waals surface area contributed by atoms with Gasteiger partial charge in [0.15, 0.2) is 0 Å². The van der Waals surface area contributed by atoms with Gasteiger partial charge in [0, 0.05) is 13.0 Å². The Kier molecular flexibility index (Phi) is 3.84. The van der Waals surface area contributed by atoms with Gasteiger partial charge in [-0.25, -0.2) is 4.98 Å². The first-order valence-electron chi connectivity index (χ1n) is 6.79. The molecule has 0 aliphatic carbocycles. The number of rotatable bonds is 3. The molecule has 5 heteroatoms. The van der Waals surface area contributed by atoms with Crippen molar-refractivity contribution in [2.75, 3.05) is 5.32 Å². The normalized spacial score (nSPS) is 15.4. The zero-order chi connectivity index (χ0) is 15.0. The second-order valence-corrected chi connectivity index (χ2v) is 7.04. The number of nitrogens with one attached hydrogen (secondary N) is 1. The van der Waals surface area contributed by atoms with Gasteiger partial charge in [0.2, 0.25) is 0 Å². The van der Waals surface area contributed by atoms with Crippen molar-refractivity contribution in [3.05, 3.63) is 51.2 Å². The van der Waals surface area contributed by atoms with Gasteiger partial charge >= 0.3 is 0 Å². The molecule has 0 saturated carbocycles. The van der Waals surface area contributed by atoms with Crippen LogP contribution in [0.2, 0.25) is 5.15 Å². The Hall–Kier alpha value is -1.26. The minimum absolute atomic E-state index is 0.0979. The standard InChI is InChI=1S/C16H16BrClN2O/c1-16(2)7-11-5-10(3-4-14(11)21-16)8-19-12-6-13(17)15(18)20-9-12/h3-6,9,19H,7-8H2,1-2H3. The molecule has 110 valence electrons. The van der Waals surface area contributed by atoms with Crippen LogP contribution in [0.1, 0.15) is 25.0 Å². The third-order valence-electron chi connectivity index (χ3n) is 3.42. The van der Waals surface area contributed by atoms with Gasteiger partial charge in [-0.05, 0) is 53.0 Å². The average molecular weight is 368 g/mol. The summed E-state index contributed by atoms with van der Waals surface area (Å²) >= 11 is 9.26. The summed E-state index contributed by atoms with van der Waals surface area (Å²) in [6.07, 6.45) is 2.68. The van der Waals surface area contributed by atoms with E-state index >= 15 is 0 Å². The van der Waals surface area contributed by atoms with Crippen molar-refractivity contribution in [3.63, 3.8) is 0 Å². The number of benzene rings is 1. The second kappa shape index (κ2) is 5.50. The molecule has 2 heterocycles. The molecular weight excluding hydrogens is 352 g/mol. The molecule has 0 bridgehead atoms. The van der Waals surface area contributed by atoms with Gasteiger partial charge in [0.05, 0.1) is 16.4 Å². The Bertz CT molecular complexity index is 688. The van der Waals surface area contributed by atoms with E-state index in [9.17, 15) is 0 Å². The van der Waals surface area contributed by atoms with Crippen LogP contribution >= 0.6 is 27.5 Å². The van der Waals surface area contributed by atoms with Gasteiger partial charge < -0.3 is 10.1 Å². The molecule has 0 unspecified atom stereocenters. The smallest absolute Gasteiger partial charge is 0.143 e. The van der Waals surface area contributed by atoms with Gasteiger partial charge in [0.25, 0.3) is 0 Å². The van der Waals surface area contributed by atoms with E-state index in [-0.39, 0.29) is 5.60 Å². The van der Waals surface area contributed by atoms with Crippen LogP contribution < -0.4 is 10.1 Å². The molecule has 0 fully saturated rings. The molecule has 2 aromatic rings. The van der Waals surface area contributed by atoms with E-state index in [0.29, 0.717) is 5.15 Å². The topological polar surface area (TPSA) is 34.2 Å². The fraction of sp³-hybridized carbons (Fsp3) is 0.312. The second-order valence-electron chi connectivity index (χ2n) is 5.83. The Balaban J connectivity index is 1.71. The van der Waals surface area contributed by atoms with Crippen LogP contribution in [0, 0.1) is 0 Å². The number of hydrogen-bond acceptors (Lipinski definition) is 3. The lowest BCUT2D eigenvalue weighted by Gasteiger charge is -2.16. The first-order valence-corrected chi connectivity index (χ1v) is 7.96. The van der Waals surface area contributed by atoms with E-state index in [1.807, 2.05) is 6.07 Å². The predicted octanol–water partition coefficient (Wildman–Crippen LogP) is 4.82. The SMILES string of the molecule is CC1(C)Cc2cc(CNc3cnc(Cl)c(Br)c3)ccc2O1. The molecule has 21 heavy (non-hydrogen) atoms. The summed E-state index contributed by atoms with van der Waals surface area (Å²) in [6, 6.07) is 8.27. The predicted molar refractivity (Wildman–Crippen MR) is 89.1 cm³/mol. The molecule has 0 amide bonds. The first kappa shape index (κ1) is 14.7. The molecule has 0 atom stereocenters. The molecule has 0 saturated heterocycles. The van der Waals surface area contributed by atoms with Crippen molar-refractivity contribution < 1.29 is 4.74 Å². The van der Waals surface area contributed by atoms with Gasteiger partial charge in [0.1, 0.15) is 16.5 Å². The number of ether oxygens (including phenoxy) is 1. The maximum atomic E-state index is 5.89. The Morgan fingerprint density at radius 1 is 1.38 bits per heavy atom. The zero-order valence-corrected chi connectivity index (χ0v) is 14.3. The number of aromatic nitrogens is 1. The van der Waals surface area contributed by atoms with E-state index in [1.165, 1.54) is 11.1 Å².